The fraction of sp³-hybridized carbons (Fsp3) is 0.333. The number of aliphatic hydroxyl groups is 1. The van der Waals surface area contributed by atoms with E-state index in [9.17, 15) is 9.90 Å². The van der Waals surface area contributed by atoms with Gasteiger partial charge in [-0.15, -0.1) is 0 Å². The van der Waals surface area contributed by atoms with E-state index in [0.717, 1.165) is 6.42 Å². The first-order valence-electron chi connectivity index (χ1n) is 7.80. The average molecular weight is 312 g/mol. The number of para-hydroxylation sites is 1. The van der Waals surface area contributed by atoms with E-state index in [-0.39, 0.29) is 17.9 Å². The molecule has 23 heavy (non-hydrogen) atoms. The summed E-state index contributed by atoms with van der Waals surface area (Å²) in [5, 5.41) is 9.63. The quantitative estimate of drug-likeness (QED) is 0.943. The summed E-state index contributed by atoms with van der Waals surface area (Å²) in [6.45, 7) is 3.05. The number of aromatic nitrogens is 1. The van der Waals surface area contributed by atoms with Gasteiger partial charge in [0.1, 0.15) is 5.75 Å². The van der Waals surface area contributed by atoms with Gasteiger partial charge in [-0.2, -0.15) is 0 Å². The number of carbonyl (C=O) groups is 1. The van der Waals surface area contributed by atoms with Crippen LogP contribution in [0.3, 0.4) is 0 Å². The lowest BCUT2D eigenvalue weighted by Crippen LogP contribution is -2.30. The summed E-state index contributed by atoms with van der Waals surface area (Å²) < 4.78 is 5.62. The number of aliphatic hydroxyl groups excluding tert-OH is 1. The van der Waals surface area contributed by atoms with Crippen molar-refractivity contribution in [3.8, 4) is 11.6 Å². The first kappa shape index (κ1) is 15.5. The van der Waals surface area contributed by atoms with Gasteiger partial charge in [0, 0.05) is 31.3 Å². The van der Waals surface area contributed by atoms with Crippen LogP contribution in [0.1, 0.15) is 23.7 Å². The Labute approximate surface area is 135 Å². The van der Waals surface area contributed by atoms with Crippen LogP contribution in [0.4, 0.5) is 0 Å². The van der Waals surface area contributed by atoms with Crippen molar-refractivity contribution < 1.29 is 14.6 Å². The Morgan fingerprint density at radius 2 is 2.09 bits per heavy atom. The van der Waals surface area contributed by atoms with Crippen molar-refractivity contribution in [3.63, 3.8) is 0 Å². The standard InChI is InChI=1S/C18H20N2O3/c1-13(21)15-9-10-20(12-15)18(22)14-7-8-17(19-11-14)23-16-5-3-2-4-6-16/h2-8,11,13,15,21H,9-10,12H2,1H3. The van der Waals surface area contributed by atoms with Crippen LogP contribution < -0.4 is 4.74 Å². The zero-order valence-electron chi connectivity index (χ0n) is 13.1. The number of amides is 1. The number of rotatable bonds is 4. The van der Waals surface area contributed by atoms with E-state index in [1.165, 1.54) is 6.20 Å². The van der Waals surface area contributed by atoms with Gasteiger partial charge in [0.25, 0.3) is 5.91 Å². The Kier molecular flexibility index (Phi) is 4.57. The second kappa shape index (κ2) is 6.79. The van der Waals surface area contributed by atoms with Crippen LogP contribution in [0.25, 0.3) is 0 Å². The van der Waals surface area contributed by atoms with Crippen molar-refractivity contribution in [1.82, 2.24) is 9.88 Å². The van der Waals surface area contributed by atoms with Gasteiger partial charge in [-0.1, -0.05) is 18.2 Å². The van der Waals surface area contributed by atoms with Crippen LogP contribution >= 0.6 is 0 Å². The van der Waals surface area contributed by atoms with E-state index in [0.29, 0.717) is 30.3 Å². The van der Waals surface area contributed by atoms with E-state index in [1.807, 2.05) is 30.3 Å². The summed E-state index contributed by atoms with van der Waals surface area (Å²) in [5.41, 5.74) is 0.539. The van der Waals surface area contributed by atoms with Crippen LogP contribution in [0.5, 0.6) is 11.6 Å². The van der Waals surface area contributed by atoms with Crippen molar-refractivity contribution in [3.05, 3.63) is 54.2 Å². The van der Waals surface area contributed by atoms with E-state index in [4.69, 9.17) is 4.74 Å². The maximum absolute atomic E-state index is 12.4. The van der Waals surface area contributed by atoms with Crippen molar-refractivity contribution in [2.75, 3.05) is 13.1 Å². The molecule has 1 saturated heterocycles. The number of likely N-dealkylation sites (tertiary alicyclic amines) is 1. The molecule has 1 amide bonds. The molecule has 1 fully saturated rings. The Morgan fingerprint density at radius 1 is 1.30 bits per heavy atom. The third kappa shape index (κ3) is 3.68. The fourth-order valence-electron chi connectivity index (χ4n) is 2.72. The molecule has 120 valence electrons. The SMILES string of the molecule is CC(O)C1CCN(C(=O)c2ccc(Oc3ccccc3)nc2)C1. The van der Waals surface area contributed by atoms with Gasteiger partial charge >= 0.3 is 0 Å². The maximum Gasteiger partial charge on any atom is 0.255 e. The summed E-state index contributed by atoms with van der Waals surface area (Å²) in [5.74, 6) is 1.27. The molecule has 2 atom stereocenters. The molecule has 5 heteroatoms. The predicted molar refractivity (Wildman–Crippen MR) is 86.4 cm³/mol. The molecule has 0 radical (unpaired) electrons. The molecule has 0 saturated carbocycles. The molecule has 2 heterocycles. The summed E-state index contributed by atoms with van der Waals surface area (Å²) in [7, 11) is 0. The molecule has 3 rings (SSSR count). The third-order valence-corrected chi connectivity index (χ3v) is 4.14. The van der Waals surface area contributed by atoms with E-state index in [1.54, 1.807) is 24.0 Å². The Hall–Kier alpha value is -2.40. The lowest BCUT2D eigenvalue weighted by atomic mass is 10.0. The van der Waals surface area contributed by atoms with Gasteiger partial charge in [-0.05, 0) is 31.5 Å². The monoisotopic (exact) mass is 312 g/mol. The Balaban J connectivity index is 1.64. The highest BCUT2D eigenvalue weighted by atomic mass is 16.5. The minimum Gasteiger partial charge on any atom is -0.439 e. The Morgan fingerprint density at radius 3 is 2.70 bits per heavy atom. The number of pyridine rings is 1. The van der Waals surface area contributed by atoms with Gasteiger partial charge in [-0.25, -0.2) is 4.98 Å². The molecule has 2 aromatic rings. The van der Waals surface area contributed by atoms with Crippen molar-refractivity contribution in [2.24, 2.45) is 5.92 Å². The normalized spacial score (nSPS) is 18.7. The zero-order chi connectivity index (χ0) is 16.2. The van der Waals surface area contributed by atoms with Crippen molar-refractivity contribution >= 4 is 5.91 Å². The average Bonchev–Trinajstić information content (AvgIpc) is 3.06. The predicted octanol–water partition coefficient (Wildman–Crippen LogP) is 2.72. The van der Waals surface area contributed by atoms with E-state index < -0.39 is 0 Å². The van der Waals surface area contributed by atoms with Gasteiger partial charge in [0.05, 0.1) is 11.7 Å². The fourth-order valence-corrected chi connectivity index (χ4v) is 2.72. The molecule has 1 aliphatic rings. The molecule has 0 bridgehead atoms. The number of ether oxygens (including phenoxy) is 1. The van der Waals surface area contributed by atoms with Crippen LogP contribution in [-0.2, 0) is 0 Å². The van der Waals surface area contributed by atoms with Crippen LogP contribution in [0.2, 0.25) is 0 Å². The highest BCUT2D eigenvalue weighted by molar-refractivity contribution is 5.94. The summed E-state index contributed by atoms with van der Waals surface area (Å²) >= 11 is 0. The summed E-state index contributed by atoms with van der Waals surface area (Å²) in [4.78, 5) is 18.4. The van der Waals surface area contributed by atoms with Crippen LogP contribution in [-0.4, -0.2) is 40.1 Å². The van der Waals surface area contributed by atoms with Crippen LogP contribution in [0.15, 0.2) is 48.7 Å². The molecule has 1 aliphatic heterocycles. The molecular weight excluding hydrogens is 292 g/mol. The summed E-state index contributed by atoms with van der Waals surface area (Å²) in [6.07, 6.45) is 2.00. The molecular formula is C18H20N2O3. The minimum absolute atomic E-state index is 0.0492. The highest BCUT2D eigenvalue weighted by Gasteiger charge is 2.29. The van der Waals surface area contributed by atoms with Gasteiger partial charge in [0.2, 0.25) is 5.88 Å². The molecule has 1 aromatic heterocycles. The maximum atomic E-state index is 12.4. The number of nitrogens with zero attached hydrogens (tertiary/aromatic N) is 2. The number of carbonyl (C=O) groups excluding carboxylic acids is 1. The van der Waals surface area contributed by atoms with Gasteiger partial charge in [0.15, 0.2) is 0 Å². The van der Waals surface area contributed by atoms with E-state index >= 15 is 0 Å². The smallest absolute Gasteiger partial charge is 0.255 e. The topological polar surface area (TPSA) is 62.7 Å². The minimum atomic E-state index is -0.382. The van der Waals surface area contributed by atoms with E-state index in [2.05, 4.69) is 4.98 Å². The van der Waals surface area contributed by atoms with Crippen molar-refractivity contribution in [2.45, 2.75) is 19.4 Å². The molecule has 1 N–H and O–H groups in total. The largest absolute Gasteiger partial charge is 0.439 e. The molecule has 1 aromatic carbocycles. The second-order valence-electron chi connectivity index (χ2n) is 5.84. The number of benzene rings is 1. The molecule has 2 unspecified atom stereocenters. The molecule has 5 nitrogen and oxygen atoms in total. The first-order valence-corrected chi connectivity index (χ1v) is 7.80. The Bertz CT molecular complexity index is 656. The van der Waals surface area contributed by atoms with Gasteiger partial charge < -0.3 is 14.7 Å². The summed E-state index contributed by atoms with van der Waals surface area (Å²) in [6, 6.07) is 12.8. The zero-order valence-corrected chi connectivity index (χ0v) is 13.1. The number of hydrogen-bond donors (Lipinski definition) is 1. The molecule has 0 spiro atoms. The number of hydrogen-bond acceptors (Lipinski definition) is 4. The second-order valence-corrected chi connectivity index (χ2v) is 5.84. The highest BCUT2D eigenvalue weighted by Crippen LogP contribution is 2.23. The van der Waals surface area contributed by atoms with Gasteiger partial charge in [-0.3, -0.25) is 4.79 Å². The van der Waals surface area contributed by atoms with Crippen LogP contribution in [0, 0.1) is 5.92 Å². The molecule has 0 aliphatic carbocycles. The van der Waals surface area contributed by atoms with Crippen molar-refractivity contribution in [1.29, 1.82) is 0 Å². The third-order valence-electron chi connectivity index (χ3n) is 4.14. The lowest BCUT2D eigenvalue weighted by Gasteiger charge is -2.17. The lowest BCUT2D eigenvalue weighted by molar-refractivity contribution is 0.0762. The first-order chi connectivity index (χ1) is 11.1.